The van der Waals surface area contributed by atoms with Crippen molar-refractivity contribution in [1.82, 2.24) is 9.62 Å². The Hall–Kier alpha value is -1.40. The molecule has 5 nitrogen and oxygen atoms in total. The molecular weight excluding hydrogens is 300 g/mol. The highest BCUT2D eigenvalue weighted by Crippen LogP contribution is 2.29. The van der Waals surface area contributed by atoms with Crippen LogP contribution in [-0.4, -0.2) is 45.1 Å². The number of likely N-dealkylation sites (tertiary alicyclic amines) is 1. The monoisotopic (exact) mass is 324 g/mol. The van der Waals surface area contributed by atoms with Gasteiger partial charge in [0.1, 0.15) is 0 Å². The summed E-state index contributed by atoms with van der Waals surface area (Å²) in [5, 5.41) is 0. The van der Waals surface area contributed by atoms with Gasteiger partial charge in [0, 0.05) is 32.0 Å². The smallest absolute Gasteiger partial charge is 0.223 e. The molecule has 1 aliphatic rings. The zero-order chi connectivity index (χ0) is 16.2. The summed E-state index contributed by atoms with van der Waals surface area (Å²) in [7, 11) is -3.23. The lowest BCUT2D eigenvalue weighted by Crippen LogP contribution is -2.40. The molecule has 22 heavy (non-hydrogen) atoms. The molecule has 0 radical (unpaired) electrons. The largest absolute Gasteiger partial charge is 0.342 e. The molecule has 6 heteroatoms. The molecule has 1 unspecified atom stereocenters. The van der Waals surface area contributed by atoms with Crippen LogP contribution in [0, 0.1) is 6.92 Å². The van der Waals surface area contributed by atoms with Gasteiger partial charge in [-0.25, -0.2) is 13.1 Å². The lowest BCUT2D eigenvalue weighted by Gasteiger charge is -2.33. The zero-order valence-electron chi connectivity index (χ0n) is 13.2. The lowest BCUT2D eigenvalue weighted by molar-refractivity contribution is -0.132. The Labute approximate surface area is 132 Å². The maximum Gasteiger partial charge on any atom is 0.223 e. The molecule has 2 rings (SSSR count). The van der Waals surface area contributed by atoms with E-state index in [1.807, 2.05) is 17.0 Å². The number of rotatable bonds is 5. The number of hydrogen-bond donors (Lipinski definition) is 1. The summed E-state index contributed by atoms with van der Waals surface area (Å²) in [4.78, 5) is 14.1. The topological polar surface area (TPSA) is 66.5 Å². The van der Waals surface area contributed by atoms with E-state index >= 15 is 0 Å². The van der Waals surface area contributed by atoms with Gasteiger partial charge in [-0.2, -0.15) is 0 Å². The van der Waals surface area contributed by atoms with Crippen LogP contribution in [0.3, 0.4) is 0 Å². The Kier molecular flexibility index (Phi) is 5.58. The third kappa shape index (κ3) is 4.81. The number of nitrogens with one attached hydrogen (secondary N) is 1. The first-order valence-electron chi connectivity index (χ1n) is 7.65. The van der Waals surface area contributed by atoms with Crippen LogP contribution in [0.5, 0.6) is 0 Å². The number of nitrogens with zero attached hydrogens (tertiary/aromatic N) is 1. The van der Waals surface area contributed by atoms with Gasteiger partial charge in [-0.15, -0.1) is 0 Å². The first kappa shape index (κ1) is 17.0. The van der Waals surface area contributed by atoms with E-state index in [-0.39, 0.29) is 18.9 Å². The van der Waals surface area contributed by atoms with Crippen LogP contribution in [0.1, 0.15) is 36.3 Å². The fraction of sp³-hybridized carbons (Fsp3) is 0.562. The molecule has 0 aliphatic carbocycles. The second-order valence-corrected chi connectivity index (χ2v) is 7.79. The van der Waals surface area contributed by atoms with Crippen molar-refractivity contribution in [2.75, 3.05) is 25.9 Å². The van der Waals surface area contributed by atoms with Crippen LogP contribution in [0.4, 0.5) is 0 Å². The summed E-state index contributed by atoms with van der Waals surface area (Å²) in [6, 6.07) is 8.31. The average Bonchev–Trinajstić information content (AvgIpc) is 2.46. The van der Waals surface area contributed by atoms with Gasteiger partial charge >= 0.3 is 0 Å². The molecule has 0 aromatic heterocycles. The van der Waals surface area contributed by atoms with Crippen LogP contribution >= 0.6 is 0 Å². The molecule has 1 heterocycles. The molecule has 1 atom stereocenters. The van der Waals surface area contributed by atoms with Crippen LogP contribution in [0.2, 0.25) is 0 Å². The number of sulfonamides is 1. The highest BCUT2D eigenvalue weighted by atomic mass is 32.2. The number of aryl methyl sites for hydroxylation is 1. The van der Waals surface area contributed by atoms with Gasteiger partial charge < -0.3 is 4.90 Å². The molecule has 1 aromatic carbocycles. The van der Waals surface area contributed by atoms with Crippen molar-refractivity contribution in [2.45, 2.75) is 32.1 Å². The summed E-state index contributed by atoms with van der Waals surface area (Å²) in [5.74, 6) is 0.399. The summed E-state index contributed by atoms with van der Waals surface area (Å²) in [6.07, 6.45) is 3.40. The highest BCUT2D eigenvalue weighted by molar-refractivity contribution is 7.88. The standard InChI is InChI=1S/C16H24N2O3S/c1-13-6-3-4-8-15(13)14-7-5-11-18(12-14)16(19)9-10-17-22(2,20)21/h3-4,6,8,14,17H,5,7,9-12H2,1-2H3. The fourth-order valence-electron chi connectivity index (χ4n) is 3.00. The van der Waals surface area contributed by atoms with E-state index in [9.17, 15) is 13.2 Å². The van der Waals surface area contributed by atoms with E-state index in [0.717, 1.165) is 32.2 Å². The van der Waals surface area contributed by atoms with Crippen LogP contribution < -0.4 is 4.72 Å². The molecule has 1 saturated heterocycles. The van der Waals surface area contributed by atoms with E-state index in [1.54, 1.807) is 0 Å². The zero-order valence-corrected chi connectivity index (χ0v) is 14.0. The summed E-state index contributed by atoms with van der Waals surface area (Å²) in [6.45, 7) is 3.76. The van der Waals surface area contributed by atoms with Crippen LogP contribution in [-0.2, 0) is 14.8 Å². The number of carbonyl (C=O) groups is 1. The third-order valence-corrected chi connectivity index (χ3v) is 4.83. The molecule has 1 aromatic rings. The van der Waals surface area contributed by atoms with E-state index in [4.69, 9.17) is 0 Å². The Bertz CT molecular complexity index is 628. The summed E-state index contributed by atoms with van der Waals surface area (Å²) < 4.78 is 24.4. The predicted octanol–water partition coefficient (Wildman–Crippen LogP) is 1.64. The van der Waals surface area contributed by atoms with Crippen molar-refractivity contribution in [2.24, 2.45) is 0 Å². The Morgan fingerprint density at radius 3 is 2.77 bits per heavy atom. The predicted molar refractivity (Wildman–Crippen MR) is 87.2 cm³/mol. The molecule has 0 spiro atoms. The molecule has 1 amide bonds. The van der Waals surface area contributed by atoms with Crippen molar-refractivity contribution < 1.29 is 13.2 Å². The molecule has 1 fully saturated rings. The summed E-state index contributed by atoms with van der Waals surface area (Å²) >= 11 is 0. The number of amides is 1. The normalized spacial score (nSPS) is 19.2. The lowest BCUT2D eigenvalue weighted by atomic mass is 9.88. The van der Waals surface area contributed by atoms with Gasteiger partial charge in [0.15, 0.2) is 0 Å². The number of carbonyl (C=O) groups excluding carboxylic acids is 1. The minimum atomic E-state index is -3.23. The Balaban J connectivity index is 1.93. The van der Waals surface area contributed by atoms with Crippen LogP contribution in [0.25, 0.3) is 0 Å². The fourth-order valence-corrected chi connectivity index (χ4v) is 3.48. The minimum absolute atomic E-state index is 0.0226. The first-order valence-corrected chi connectivity index (χ1v) is 9.54. The molecule has 122 valence electrons. The molecular formula is C16H24N2O3S. The SMILES string of the molecule is Cc1ccccc1C1CCCN(C(=O)CCNS(C)(=O)=O)C1. The van der Waals surface area contributed by atoms with Crippen molar-refractivity contribution in [3.63, 3.8) is 0 Å². The Morgan fingerprint density at radius 2 is 2.09 bits per heavy atom. The average molecular weight is 324 g/mol. The molecule has 0 saturated carbocycles. The number of piperidine rings is 1. The number of benzene rings is 1. The third-order valence-electron chi connectivity index (χ3n) is 4.11. The van der Waals surface area contributed by atoms with Gasteiger partial charge in [0.25, 0.3) is 0 Å². The van der Waals surface area contributed by atoms with Gasteiger partial charge in [-0.1, -0.05) is 24.3 Å². The van der Waals surface area contributed by atoms with E-state index in [1.165, 1.54) is 11.1 Å². The second kappa shape index (κ2) is 7.24. The van der Waals surface area contributed by atoms with Gasteiger partial charge in [-0.3, -0.25) is 4.79 Å². The van der Waals surface area contributed by atoms with Crippen molar-refractivity contribution in [1.29, 1.82) is 0 Å². The molecule has 1 N–H and O–H groups in total. The van der Waals surface area contributed by atoms with Gasteiger partial charge in [-0.05, 0) is 30.9 Å². The maximum atomic E-state index is 12.2. The van der Waals surface area contributed by atoms with Crippen molar-refractivity contribution >= 4 is 15.9 Å². The molecule has 1 aliphatic heterocycles. The molecule has 0 bridgehead atoms. The van der Waals surface area contributed by atoms with Gasteiger partial charge in [0.2, 0.25) is 15.9 Å². The minimum Gasteiger partial charge on any atom is -0.342 e. The van der Waals surface area contributed by atoms with Crippen molar-refractivity contribution in [3.05, 3.63) is 35.4 Å². The van der Waals surface area contributed by atoms with Crippen LogP contribution in [0.15, 0.2) is 24.3 Å². The maximum absolute atomic E-state index is 12.2. The summed E-state index contributed by atoms with van der Waals surface area (Å²) in [5.41, 5.74) is 2.58. The van der Waals surface area contributed by atoms with Gasteiger partial charge in [0.05, 0.1) is 6.26 Å². The van der Waals surface area contributed by atoms with Crippen molar-refractivity contribution in [3.8, 4) is 0 Å². The first-order chi connectivity index (χ1) is 10.4. The van der Waals surface area contributed by atoms with E-state index in [2.05, 4.69) is 23.8 Å². The van der Waals surface area contributed by atoms with E-state index < -0.39 is 10.0 Å². The number of hydrogen-bond acceptors (Lipinski definition) is 3. The quantitative estimate of drug-likeness (QED) is 0.895. The second-order valence-electron chi connectivity index (χ2n) is 5.95. The highest BCUT2D eigenvalue weighted by Gasteiger charge is 2.25. The van der Waals surface area contributed by atoms with E-state index in [0.29, 0.717) is 5.92 Å². The Morgan fingerprint density at radius 1 is 1.36 bits per heavy atom.